The summed E-state index contributed by atoms with van der Waals surface area (Å²) in [7, 11) is 3.96. The first-order valence-electron chi connectivity index (χ1n) is 5.07. The zero-order valence-corrected chi connectivity index (χ0v) is 10.9. The monoisotopic (exact) mass is 240 g/mol. The van der Waals surface area contributed by atoms with Crippen molar-refractivity contribution in [3.8, 4) is 5.75 Å². The molecule has 1 aromatic carbocycles. The van der Waals surface area contributed by atoms with Crippen LogP contribution in [-0.4, -0.2) is 31.4 Å². The van der Waals surface area contributed by atoms with Gasteiger partial charge < -0.3 is 9.64 Å². The summed E-state index contributed by atoms with van der Waals surface area (Å²) in [5.74, 6) is 1.89. The largest absolute Gasteiger partial charge is 0.483 e. The molecular formula is C12H17ClN2O. The van der Waals surface area contributed by atoms with Crippen LogP contribution >= 0.6 is 12.4 Å². The number of hydrogen-bond acceptors (Lipinski definition) is 3. The number of aryl methyl sites for hydroxylation is 2. The molecule has 0 aliphatic carbocycles. The molecule has 0 amide bonds. The summed E-state index contributed by atoms with van der Waals surface area (Å²) >= 11 is 0. The summed E-state index contributed by atoms with van der Waals surface area (Å²) in [5.41, 5.74) is 3.33. The predicted octanol–water partition coefficient (Wildman–Crippen LogP) is 2.71. The zero-order chi connectivity index (χ0) is 11.0. The number of likely N-dealkylation sites (N-methyl/N-ethyl adjacent to an activating group) is 1. The second kappa shape index (κ2) is 4.74. The molecule has 2 rings (SSSR count). The van der Waals surface area contributed by atoms with Crippen molar-refractivity contribution in [1.29, 1.82) is 0 Å². The molecule has 0 saturated carbocycles. The average Bonchev–Trinajstić information content (AvgIpc) is 2.16. The molecule has 0 bridgehead atoms. The van der Waals surface area contributed by atoms with E-state index in [1.54, 1.807) is 0 Å². The van der Waals surface area contributed by atoms with Crippen molar-refractivity contribution < 1.29 is 4.74 Å². The Morgan fingerprint density at radius 3 is 2.56 bits per heavy atom. The first-order valence-corrected chi connectivity index (χ1v) is 5.07. The van der Waals surface area contributed by atoms with E-state index in [0.29, 0.717) is 6.61 Å². The van der Waals surface area contributed by atoms with Gasteiger partial charge in [-0.3, -0.25) is 0 Å². The van der Waals surface area contributed by atoms with Crippen LogP contribution < -0.4 is 4.74 Å². The SMILES string of the molecule is Cc1cc(C)c2c(c1)N=C(N(C)C)CO2.Cl. The van der Waals surface area contributed by atoms with Crippen LogP contribution in [-0.2, 0) is 0 Å². The van der Waals surface area contributed by atoms with Gasteiger partial charge in [-0.15, -0.1) is 12.4 Å². The zero-order valence-electron chi connectivity index (χ0n) is 10.1. The summed E-state index contributed by atoms with van der Waals surface area (Å²) in [4.78, 5) is 6.57. The van der Waals surface area contributed by atoms with Gasteiger partial charge in [-0.1, -0.05) is 6.07 Å². The van der Waals surface area contributed by atoms with Crippen molar-refractivity contribution >= 4 is 23.9 Å². The highest BCUT2D eigenvalue weighted by Crippen LogP contribution is 2.35. The average molecular weight is 241 g/mol. The highest BCUT2D eigenvalue weighted by Gasteiger charge is 2.16. The Kier molecular flexibility index (Phi) is 3.81. The molecule has 0 saturated heterocycles. The van der Waals surface area contributed by atoms with Gasteiger partial charge in [-0.25, -0.2) is 4.99 Å². The molecule has 0 unspecified atom stereocenters. The fraction of sp³-hybridized carbons (Fsp3) is 0.417. The molecule has 4 heteroatoms. The predicted molar refractivity (Wildman–Crippen MR) is 69.4 cm³/mol. The first-order chi connectivity index (χ1) is 7.08. The van der Waals surface area contributed by atoms with Crippen molar-refractivity contribution in [2.45, 2.75) is 13.8 Å². The molecule has 16 heavy (non-hydrogen) atoms. The number of aliphatic imine (C=N–C) groups is 1. The van der Waals surface area contributed by atoms with E-state index >= 15 is 0 Å². The van der Waals surface area contributed by atoms with Gasteiger partial charge in [0.05, 0.1) is 0 Å². The molecule has 1 aliphatic rings. The summed E-state index contributed by atoms with van der Waals surface area (Å²) in [6.07, 6.45) is 0. The number of amidine groups is 1. The third kappa shape index (κ3) is 2.30. The van der Waals surface area contributed by atoms with Gasteiger partial charge in [0, 0.05) is 14.1 Å². The number of ether oxygens (including phenoxy) is 1. The Bertz CT molecular complexity index is 427. The fourth-order valence-electron chi connectivity index (χ4n) is 1.74. The lowest BCUT2D eigenvalue weighted by Gasteiger charge is -2.23. The van der Waals surface area contributed by atoms with Crippen LogP contribution in [0.1, 0.15) is 11.1 Å². The van der Waals surface area contributed by atoms with E-state index < -0.39 is 0 Å². The van der Waals surface area contributed by atoms with Crippen molar-refractivity contribution in [2.24, 2.45) is 4.99 Å². The molecule has 3 nitrogen and oxygen atoms in total. The molecule has 0 N–H and O–H groups in total. The van der Waals surface area contributed by atoms with Crippen LogP contribution in [0.25, 0.3) is 0 Å². The van der Waals surface area contributed by atoms with E-state index in [-0.39, 0.29) is 12.4 Å². The number of halogens is 1. The van der Waals surface area contributed by atoms with E-state index in [1.165, 1.54) is 5.56 Å². The van der Waals surface area contributed by atoms with Crippen molar-refractivity contribution in [3.63, 3.8) is 0 Å². The quantitative estimate of drug-likeness (QED) is 0.697. The van der Waals surface area contributed by atoms with Crippen LogP contribution in [0, 0.1) is 13.8 Å². The molecule has 1 aliphatic heterocycles. The van der Waals surface area contributed by atoms with E-state index in [1.807, 2.05) is 19.0 Å². The third-order valence-corrected chi connectivity index (χ3v) is 2.51. The second-order valence-corrected chi connectivity index (χ2v) is 4.14. The van der Waals surface area contributed by atoms with E-state index in [9.17, 15) is 0 Å². The maximum absolute atomic E-state index is 5.71. The Hall–Kier alpha value is -1.22. The lowest BCUT2D eigenvalue weighted by Crippen LogP contribution is -2.29. The van der Waals surface area contributed by atoms with Gasteiger partial charge in [0.25, 0.3) is 0 Å². The van der Waals surface area contributed by atoms with Crippen molar-refractivity contribution in [2.75, 3.05) is 20.7 Å². The van der Waals surface area contributed by atoms with E-state index in [2.05, 4.69) is 31.0 Å². The number of benzene rings is 1. The maximum atomic E-state index is 5.71. The highest BCUT2D eigenvalue weighted by atomic mass is 35.5. The third-order valence-electron chi connectivity index (χ3n) is 2.51. The summed E-state index contributed by atoms with van der Waals surface area (Å²) < 4.78 is 5.71. The number of fused-ring (bicyclic) bond motifs is 1. The van der Waals surface area contributed by atoms with Gasteiger partial charge in [-0.05, 0) is 31.0 Å². The lowest BCUT2D eigenvalue weighted by molar-refractivity contribution is 0.351. The Morgan fingerprint density at radius 2 is 1.94 bits per heavy atom. The van der Waals surface area contributed by atoms with Gasteiger partial charge in [0.15, 0.2) is 0 Å². The maximum Gasteiger partial charge on any atom is 0.148 e. The molecule has 0 radical (unpaired) electrons. The van der Waals surface area contributed by atoms with E-state index in [4.69, 9.17) is 4.74 Å². The summed E-state index contributed by atoms with van der Waals surface area (Å²) in [6, 6.07) is 4.18. The minimum Gasteiger partial charge on any atom is -0.483 e. The second-order valence-electron chi connectivity index (χ2n) is 4.14. The molecular weight excluding hydrogens is 224 g/mol. The Balaban J connectivity index is 0.00000128. The number of rotatable bonds is 0. The standard InChI is InChI=1S/C12H16N2O.ClH/c1-8-5-9(2)12-10(6-8)13-11(7-15-12)14(3)4;/h5-6H,7H2,1-4H3;1H. The summed E-state index contributed by atoms with van der Waals surface area (Å²) in [5, 5.41) is 0. The van der Waals surface area contributed by atoms with Crippen LogP contribution in [0.5, 0.6) is 5.75 Å². The normalized spacial score (nSPS) is 13.1. The van der Waals surface area contributed by atoms with E-state index in [0.717, 1.165) is 22.8 Å². The molecule has 0 aromatic heterocycles. The molecule has 0 fully saturated rings. The van der Waals surface area contributed by atoms with Gasteiger partial charge in [0.2, 0.25) is 0 Å². The topological polar surface area (TPSA) is 24.8 Å². The minimum absolute atomic E-state index is 0. The van der Waals surface area contributed by atoms with Crippen LogP contribution in [0.15, 0.2) is 17.1 Å². The van der Waals surface area contributed by atoms with Crippen molar-refractivity contribution in [1.82, 2.24) is 4.90 Å². The van der Waals surface area contributed by atoms with Gasteiger partial charge >= 0.3 is 0 Å². The van der Waals surface area contributed by atoms with Gasteiger partial charge in [0.1, 0.15) is 23.9 Å². The molecule has 0 atom stereocenters. The number of nitrogens with zero attached hydrogens (tertiary/aromatic N) is 2. The molecule has 0 spiro atoms. The summed E-state index contributed by atoms with van der Waals surface area (Å²) in [6.45, 7) is 4.69. The number of hydrogen-bond donors (Lipinski definition) is 0. The highest BCUT2D eigenvalue weighted by molar-refractivity contribution is 5.88. The van der Waals surface area contributed by atoms with Crippen LogP contribution in [0.2, 0.25) is 0 Å². The molecule has 88 valence electrons. The van der Waals surface area contributed by atoms with Crippen LogP contribution in [0.4, 0.5) is 5.69 Å². The van der Waals surface area contributed by atoms with Gasteiger partial charge in [-0.2, -0.15) is 0 Å². The van der Waals surface area contributed by atoms with Crippen molar-refractivity contribution in [3.05, 3.63) is 23.3 Å². The molecule has 1 heterocycles. The Labute approximate surface area is 103 Å². The first kappa shape index (κ1) is 12.8. The lowest BCUT2D eigenvalue weighted by atomic mass is 10.1. The fourth-order valence-corrected chi connectivity index (χ4v) is 1.74. The molecule has 1 aromatic rings. The minimum atomic E-state index is 0. The Morgan fingerprint density at radius 1 is 1.25 bits per heavy atom. The smallest absolute Gasteiger partial charge is 0.148 e. The van der Waals surface area contributed by atoms with Crippen LogP contribution in [0.3, 0.4) is 0 Å².